The quantitative estimate of drug-likeness (QED) is 0.794. The summed E-state index contributed by atoms with van der Waals surface area (Å²) in [7, 11) is 1.42. The Morgan fingerprint density at radius 1 is 1.28 bits per heavy atom. The molecule has 0 aliphatic heterocycles. The Morgan fingerprint density at radius 3 is 2.60 bits per heavy atom. The van der Waals surface area contributed by atoms with E-state index in [0.29, 0.717) is 11.3 Å². The summed E-state index contributed by atoms with van der Waals surface area (Å²) in [5.41, 5.74) is 0.226. The van der Waals surface area contributed by atoms with Gasteiger partial charge in [0.25, 0.3) is 5.91 Å². The van der Waals surface area contributed by atoms with Crippen molar-refractivity contribution in [1.82, 2.24) is 10.3 Å². The van der Waals surface area contributed by atoms with Gasteiger partial charge in [-0.05, 0) is 30.3 Å². The van der Waals surface area contributed by atoms with Gasteiger partial charge in [-0.3, -0.25) is 4.79 Å². The van der Waals surface area contributed by atoms with Crippen molar-refractivity contribution in [3.63, 3.8) is 0 Å². The van der Waals surface area contributed by atoms with Gasteiger partial charge in [-0.2, -0.15) is 8.78 Å². The molecule has 2 aromatic rings. The first kappa shape index (κ1) is 18.1. The van der Waals surface area contributed by atoms with E-state index in [2.05, 4.69) is 15.0 Å². The second kappa shape index (κ2) is 8.04. The van der Waals surface area contributed by atoms with Gasteiger partial charge < -0.3 is 19.9 Å². The first-order valence-electron chi connectivity index (χ1n) is 7.00. The number of carboxylic acid groups (broad SMARTS) is 1. The minimum atomic E-state index is -3.00. The smallest absolute Gasteiger partial charge is 0.387 e. The normalized spacial score (nSPS) is 10.4. The number of alkyl halides is 2. The van der Waals surface area contributed by atoms with Gasteiger partial charge in [-0.25, -0.2) is 9.78 Å². The lowest BCUT2D eigenvalue weighted by Gasteiger charge is -2.13. The number of carbonyl (C=O) groups is 2. The van der Waals surface area contributed by atoms with Gasteiger partial charge in [0.1, 0.15) is 17.2 Å². The second-order valence-electron chi connectivity index (χ2n) is 4.77. The first-order chi connectivity index (χ1) is 11.9. The number of carboxylic acids is 1. The molecule has 0 saturated carbocycles. The number of methoxy groups -OCH3 is 1. The molecule has 0 saturated heterocycles. The number of hydrogen-bond donors (Lipinski definition) is 2. The van der Waals surface area contributed by atoms with Crippen LogP contribution in [0.5, 0.6) is 11.5 Å². The number of nitrogens with one attached hydrogen (secondary N) is 1. The number of ether oxygens (including phenoxy) is 2. The molecule has 9 heteroatoms. The third-order valence-electron chi connectivity index (χ3n) is 3.17. The number of rotatable bonds is 7. The number of aromatic nitrogens is 1. The SMILES string of the molecule is COc1ccc(OC(F)F)c(CNC(=O)c2ccc(C(=O)O)nc2)c1. The monoisotopic (exact) mass is 352 g/mol. The molecule has 0 aliphatic carbocycles. The number of amides is 1. The summed E-state index contributed by atoms with van der Waals surface area (Å²) in [6, 6.07) is 6.72. The van der Waals surface area contributed by atoms with Gasteiger partial charge in [0.2, 0.25) is 0 Å². The molecule has 0 fully saturated rings. The van der Waals surface area contributed by atoms with Crippen molar-refractivity contribution in [2.24, 2.45) is 0 Å². The molecule has 1 amide bonds. The second-order valence-corrected chi connectivity index (χ2v) is 4.77. The molecular formula is C16H14F2N2O5. The molecule has 25 heavy (non-hydrogen) atoms. The number of nitrogens with zero attached hydrogens (tertiary/aromatic N) is 1. The maximum Gasteiger partial charge on any atom is 0.387 e. The Kier molecular flexibility index (Phi) is 5.83. The minimum Gasteiger partial charge on any atom is -0.497 e. The zero-order valence-corrected chi connectivity index (χ0v) is 13.0. The van der Waals surface area contributed by atoms with Gasteiger partial charge >= 0.3 is 12.6 Å². The van der Waals surface area contributed by atoms with Crippen LogP contribution in [0.25, 0.3) is 0 Å². The van der Waals surface area contributed by atoms with Crippen molar-refractivity contribution < 1.29 is 33.0 Å². The molecule has 0 atom stereocenters. The molecule has 0 unspecified atom stereocenters. The summed E-state index contributed by atoms with van der Waals surface area (Å²) >= 11 is 0. The van der Waals surface area contributed by atoms with Crippen molar-refractivity contribution in [2.75, 3.05) is 7.11 Å². The van der Waals surface area contributed by atoms with Crippen LogP contribution in [0, 0.1) is 0 Å². The predicted molar refractivity (Wildman–Crippen MR) is 82.0 cm³/mol. The van der Waals surface area contributed by atoms with E-state index in [-0.39, 0.29) is 23.6 Å². The number of benzene rings is 1. The summed E-state index contributed by atoms with van der Waals surface area (Å²) in [5.74, 6) is -1.43. The summed E-state index contributed by atoms with van der Waals surface area (Å²) in [6.07, 6.45) is 1.11. The molecule has 2 N–H and O–H groups in total. The largest absolute Gasteiger partial charge is 0.497 e. The Balaban J connectivity index is 2.11. The molecule has 1 heterocycles. The Labute approximate surface area is 141 Å². The van der Waals surface area contributed by atoms with Crippen LogP contribution in [0.3, 0.4) is 0 Å². The Morgan fingerprint density at radius 2 is 2.04 bits per heavy atom. The lowest BCUT2D eigenvalue weighted by molar-refractivity contribution is -0.0505. The van der Waals surface area contributed by atoms with Crippen LogP contribution in [-0.2, 0) is 6.54 Å². The Bertz CT molecular complexity index is 766. The highest BCUT2D eigenvalue weighted by atomic mass is 19.3. The number of carbonyl (C=O) groups excluding carboxylic acids is 1. The number of hydrogen-bond acceptors (Lipinski definition) is 5. The number of halogens is 2. The highest BCUT2D eigenvalue weighted by Crippen LogP contribution is 2.25. The first-order valence-corrected chi connectivity index (χ1v) is 7.00. The topological polar surface area (TPSA) is 97.8 Å². The highest BCUT2D eigenvalue weighted by molar-refractivity contribution is 5.94. The minimum absolute atomic E-state index is 0.0875. The molecule has 0 radical (unpaired) electrons. The lowest BCUT2D eigenvalue weighted by atomic mass is 10.1. The van der Waals surface area contributed by atoms with E-state index in [1.165, 1.54) is 37.4 Å². The van der Waals surface area contributed by atoms with Crippen LogP contribution >= 0.6 is 0 Å². The van der Waals surface area contributed by atoms with Crippen LogP contribution in [-0.4, -0.2) is 35.7 Å². The van der Waals surface area contributed by atoms with E-state index >= 15 is 0 Å². The number of aromatic carboxylic acids is 1. The third kappa shape index (κ3) is 4.87. The van der Waals surface area contributed by atoms with Gasteiger partial charge in [-0.15, -0.1) is 0 Å². The molecule has 2 rings (SSSR count). The average molecular weight is 352 g/mol. The molecule has 0 spiro atoms. The fourth-order valence-corrected chi connectivity index (χ4v) is 1.96. The van der Waals surface area contributed by atoms with Crippen LogP contribution in [0.1, 0.15) is 26.4 Å². The van der Waals surface area contributed by atoms with Crippen LogP contribution in [0.15, 0.2) is 36.5 Å². The number of pyridine rings is 1. The zero-order valence-electron chi connectivity index (χ0n) is 13.0. The van der Waals surface area contributed by atoms with Crippen molar-refractivity contribution in [1.29, 1.82) is 0 Å². The molecule has 7 nitrogen and oxygen atoms in total. The third-order valence-corrected chi connectivity index (χ3v) is 3.17. The van der Waals surface area contributed by atoms with E-state index in [1.54, 1.807) is 0 Å². The van der Waals surface area contributed by atoms with Crippen LogP contribution < -0.4 is 14.8 Å². The van der Waals surface area contributed by atoms with E-state index in [0.717, 1.165) is 6.20 Å². The van der Waals surface area contributed by atoms with Gasteiger partial charge in [0.15, 0.2) is 0 Å². The molecular weight excluding hydrogens is 338 g/mol. The van der Waals surface area contributed by atoms with Gasteiger partial charge in [0.05, 0.1) is 12.7 Å². The molecule has 0 bridgehead atoms. The summed E-state index contributed by atoms with van der Waals surface area (Å²) < 4.78 is 34.3. The summed E-state index contributed by atoms with van der Waals surface area (Å²) in [4.78, 5) is 26.4. The average Bonchev–Trinajstić information content (AvgIpc) is 2.60. The fourth-order valence-electron chi connectivity index (χ4n) is 1.96. The molecule has 0 aliphatic rings. The highest BCUT2D eigenvalue weighted by Gasteiger charge is 2.13. The summed E-state index contributed by atoms with van der Waals surface area (Å²) in [6.45, 7) is -3.10. The maximum atomic E-state index is 12.5. The fraction of sp³-hybridized carbons (Fsp3) is 0.188. The molecule has 132 valence electrons. The lowest BCUT2D eigenvalue weighted by Crippen LogP contribution is -2.23. The zero-order chi connectivity index (χ0) is 18.4. The van der Waals surface area contributed by atoms with Gasteiger partial charge in [-0.1, -0.05) is 0 Å². The van der Waals surface area contributed by atoms with Crippen molar-refractivity contribution in [2.45, 2.75) is 13.2 Å². The van der Waals surface area contributed by atoms with E-state index in [9.17, 15) is 18.4 Å². The van der Waals surface area contributed by atoms with Gasteiger partial charge in [0, 0.05) is 18.3 Å². The predicted octanol–water partition coefficient (Wildman–Crippen LogP) is 2.32. The van der Waals surface area contributed by atoms with Crippen molar-refractivity contribution in [3.8, 4) is 11.5 Å². The van der Waals surface area contributed by atoms with E-state index in [1.807, 2.05) is 0 Å². The Hall–Kier alpha value is -3.23. The molecule has 1 aromatic heterocycles. The standard InChI is InChI=1S/C16H14F2N2O5/c1-24-11-3-5-13(25-16(17)18)10(6-11)8-20-14(21)9-2-4-12(15(22)23)19-7-9/h2-7,16H,8H2,1H3,(H,20,21)(H,22,23). The van der Waals surface area contributed by atoms with E-state index < -0.39 is 18.5 Å². The van der Waals surface area contributed by atoms with Crippen LogP contribution in [0.2, 0.25) is 0 Å². The van der Waals surface area contributed by atoms with Crippen molar-refractivity contribution >= 4 is 11.9 Å². The molecule has 1 aromatic carbocycles. The van der Waals surface area contributed by atoms with Crippen molar-refractivity contribution in [3.05, 3.63) is 53.3 Å². The summed E-state index contributed by atoms with van der Waals surface area (Å²) in [5, 5.41) is 11.3. The van der Waals surface area contributed by atoms with Crippen LogP contribution in [0.4, 0.5) is 8.78 Å². The van der Waals surface area contributed by atoms with E-state index in [4.69, 9.17) is 9.84 Å². The maximum absolute atomic E-state index is 12.5.